The molecule has 4 nitrogen and oxygen atoms in total. The SMILES string of the molecule is COc1ccc(OC(=O)COc2ccc(Cl)cc2Cl)cc1. The minimum atomic E-state index is -0.536. The van der Waals surface area contributed by atoms with Crippen LogP contribution in [-0.4, -0.2) is 19.7 Å². The van der Waals surface area contributed by atoms with Crippen LogP contribution < -0.4 is 14.2 Å². The summed E-state index contributed by atoms with van der Waals surface area (Å²) in [6.45, 7) is -0.257. The van der Waals surface area contributed by atoms with Gasteiger partial charge < -0.3 is 14.2 Å². The molecule has 0 N–H and O–H groups in total. The molecule has 0 spiro atoms. The Morgan fingerprint density at radius 1 is 1.05 bits per heavy atom. The molecule has 0 heterocycles. The number of halogens is 2. The lowest BCUT2D eigenvalue weighted by atomic mass is 10.3. The van der Waals surface area contributed by atoms with E-state index < -0.39 is 5.97 Å². The predicted molar refractivity (Wildman–Crippen MR) is 80.6 cm³/mol. The van der Waals surface area contributed by atoms with E-state index in [1.807, 2.05) is 0 Å². The summed E-state index contributed by atoms with van der Waals surface area (Å²) in [5.41, 5.74) is 0. The molecule has 2 aromatic rings. The van der Waals surface area contributed by atoms with Gasteiger partial charge >= 0.3 is 5.97 Å². The molecule has 0 bridgehead atoms. The molecular formula is C15H12Cl2O4. The number of ether oxygens (including phenoxy) is 3. The van der Waals surface area contributed by atoms with Crippen molar-refractivity contribution in [2.45, 2.75) is 0 Å². The molecule has 0 aromatic heterocycles. The van der Waals surface area contributed by atoms with E-state index in [-0.39, 0.29) is 6.61 Å². The van der Waals surface area contributed by atoms with E-state index in [0.29, 0.717) is 27.3 Å². The predicted octanol–water partition coefficient (Wildman–Crippen LogP) is 3.99. The summed E-state index contributed by atoms with van der Waals surface area (Å²) in [6, 6.07) is 11.4. The number of rotatable bonds is 5. The van der Waals surface area contributed by atoms with Crippen molar-refractivity contribution < 1.29 is 19.0 Å². The number of benzene rings is 2. The minimum Gasteiger partial charge on any atom is -0.497 e. The van der Waals surface area contributed by atoms with Gasteiger partial charge in [-0.15, -0.1) is 0 Å². The molecule has 0 amide bonds. The van der Waals surface area contributed by atoms with E-state index >= 15 is 0 Å². The molecule has 6 heteroatoms. The molecular weight excluding hydrogens is 315 g/mol. The zero-order chi connectivity index (χ0) is 15.2. The topological polar surface area (TPSA) is 44.8 Å². The van der Waals surface area contributed by atoms with Crippen molar-refractivity contribution in [1.29, 1.82) is 0 Å². The quantitative estimate of drug-likeness (QED) is 0.615. The Morgan fingerprint density at radius 3 is 2.33 bits per heavy atom. The lowest BCUT2D eigenvalue weighted by molar-refractivity contribution is -0.136. The first kappa shape index (κ1) is 15.5. The van der Waals surface area contributed by atoms with E-state index in [0.717, 1.165) is 0 Å². The van der Waals surface area contributed by atoms with E-state index in [1.54, 1.807) is 43.5 Å². The minimum absolute atomic E-state index is 0.257. The van der Waals surface area contributed by atoms with Crippen LogP contribution in [0.25, 0.3) is 0 Å². The average molecular weight is 327 g/mol. The Morgan fingerprint density at radius 2 is 1.71 bits per heavy atom. The largest absolute Gasteiger partial charge is 0.497 e. The van der Waals surface area contributed by atoms with Crippen LogP contribution in [-0.2, 0) is 4.79 Å². The smallest absolute Gasteiger partial charge is 0.349 e. The summed E-state index contributed by atoms with van der Waals surface area (Å²) in [5, 5.41) is 0.827. The number of carbonyl (C=O) groups is 1. The Hall–Kier alpha value is -1.91. The van der Waals surface area contributed by atoms with Crippen LogP contribution in [0.15, 0.2) is 42.5 Å². The highest BCUT2D eigenvalue weighted by molar-refractivity contribution is 6.35. The maximum atomic E-state index is 11.7. The highest BCUT2D eigenvalue weighted by atomic mass is 35.5. The maximum Gasteiger partial charge on any atom is 0.349 e. The molecule has 0 aliphatic carbocycles. The molecule has 2 rings (SSSR count). The number of methoxy groups -OCH3 is 1. The standard InChI is InChI=1S/C15H12Cl2O4/c1-19-11-3-5-12(6-4-11)21-15(18)9-20-14-7-2-10(16)8-13(14)17/h2-8H,9H2,1H3. The summed E-state index contributed by atoms with van der Waals surface area (Å²) in [6.07, 6.45) is 0. The van der Waals surface area contributed by atoms with Gasteiger partial charge in [0.1, 0.15) is 17.2 Å². The number of hydrogen-bond donors (Lipinski definition) is 0. The van der Waals surface area contributed by atoms with E-state index in [9.17, 15) is 4.79 Å². The number of esters is 1. The van der Waals surface area contributed by atoms with Gasteiger partial charge in [0.25, 0.3) is 0 Å². The molecule has 0 unspecified atom stereocenters. The maximum absolute atomic E-state index is 11.7. The third kappa shape index (κ3) is 4.55. The van der Waals surface area contributed by atoms with Gasteiger partial charge in [0.15, 0.2) is 6.61 Å². The molecule has 0 atom stereocenters. The van der Waals surface area contributed by atoms with Crippen LogP contribution in [0.3, 0.4) is 0 Å². The Labute approximate surface area is 132 Å². The van der Waals surface area contributed by atoms with Gasteiger partial charge in [0.05, 0.1) is 12.1 Å². The van der Waals surface area contributed by atoms with Crippen molar-refractivity contribution in [3.63, 3.8) is 0 Å². The monoisotopic (exact) mass is 326 g/mol. The van der Waals surface area contributed by atoms with Gasteiger partial charge in [-0.3, -0.25) is 0 Å². The molecule has 110 valence electrons. The van der Waals surface area contributed by atoms with Gasteiger partial charge in [-0.05, 0) is 42.5 Å². The Kier molecular flexibility index (Phi) is 5.31. The van der Waals surface area contributed by atoms with Gasteiger partial charge in [0.2, 0.25) is 0 Å². The van der Waals surface area contributed by atoms with Crippen LogP contribution in [0.5, 0.6) is 17.2 Å². The van der Waals surface area contributed by atoms with E-state index in [1.165, 1.54) is 6.07 Å². The van der Waals surface area contributed by atoms with Gasteiger partial charge in [-0.2, -0.15) is 0 Å². The van der Waals surface area contributed by atoms with Crippen LogP contribution in [0.2, 0.25) is 10.0 Å². The van der Waals surface area contributed by atoms with Crippen LogP contribution in [0, 0.1) is 0 Å². The summed E-state index contributed by atoms with van der Waals surface area (Å²) in [5.74, 6) is 0.921. The second-order valence-corrected chi connectivity index (χ2v) is 4.86. The number of hydrogen-bond acceptors (Lipinski definition) is 4. The second-order valence-electron chi connectivity index (χ2n) is 4.01. The van der Waals surface area contributed by atoms with Crippen LogP contribution in [0.4, 0.5) is 0 Å². The fourth-order valence-electron chi connectivity index (χ4n) is 1.53. The first-order chi connectivity index (χ1) is 10.1. The summed E-state index contributed by atoms with van der Waals surface area (Å²) < 4.78 is 15.4. The molecule has 0 aliphatic heterocycles. The summed E-state index contributed by atoms with van der Waals surface area (Å²) >= 11 is 11.7. The third-order valence-electron chi connectivity index (χ3n) is 2.53. The molecule has 0 aliphatic rings. The fourth-order valence-corrected chi connectivity index (χ4v) is 2.00. The molecule has 0 fully saturated rings. The van der Waals surface area contributed by atoms with Crippen molar-refractivity contribution in [2.24, 2.45) is 0 Å². The first-order valence-corrected chi connectivity index (χ1v) is 6.76. The second kappa shape index (κ2) is 7.20. The molecule has 2 aromatic carbocycles. The van der Waals surface area contributed by atoms with Crippen molar-refractivity contribution in [3.05, 3.63) is 52.5 Å². The van der Waals surface area contributed by atoms with Crippen LogP contribution in [0.1, 0.15) is 0 Å². The molecule has 21 heavy (non-hydrogen) atoms. The lowest BCUT2D eigenvalue weighted by Gasteiger charge is -2.08. The van der Waals surface area contributed by atoms with Crippen molar-refractivity contribution in [2.75, 3.05) is 13.7 Å². The van der Waals surface area contributed by atoms with Crippen LogP contribution >= 0.6 is 23.2 Å². The highest BCUT2D eigenvalue weighted by Crippen LogP contribution is 2.27. The van der Waals surface area contributed by atoms with Crippen molar-refractivity contribution >= 4 is 29.2 Å². The third-order valence-corrected chi connectivity index (χ3v) is 3.06. The average Bonchev–Trinajstić information content (AvgIpc) is 2.47. The van der Waals surface area contributed by atoms with E-state index in [4.69, 9.17) is 37.4 Å². The highest BCUT2D eigenvalue weighted by Gasteiger charge is 2.09. The van der Waals surface area contributed by atoms with Gasteiger partial charge in [0, 0.05) is 5.02 Å². The number of carbonyl (C=O) groups excluding carboxylic acids is 1. The van der Waals surface area contributed by atoms with E-state index in [2.05, 4.69) is 0 Å². The zero-order valence-corrected chi connectivity index (χ0v) is 12.6. The molecule has 0 radical (unpaired) electrons. The Bertz CT molecular complexity index is 626. The van der Waals surface area contributed by atoms with Crippen molar-refractivity contribution in [3.8, 4) is 17.2 Å². The zero-order valence-electron chi connectivity index (χ0n) is 11.1. The molecule has 0 saturated carbocycles. The Balaban J connectivity index is 1.89. The normalized spacial score (nSPS) is 10.0. The molecule has 0 saturated heterocycles. The fraction of sp³-hybridized carbons (Fsp3) is 0.133. The summed E-state index contributed by atoms with van der Waals surface area (Å²) in [4.78, 5) is 11.7. The van der Waals surface area contributed by atoms with Gasteiger partial charge in [-0.1, -0.05) is 23.2 Å². The summed E-state index contributed by atoms with van der Waals surface area (Å²) in [7, 11) is 1.56. The first-order valence-electron chi connectivity index (χ1n) is 6.01. The van der Waals surface area contributed by atoms with Gasteiger partial charge in [-0.25, -0.2) is 4.79 Å². The lowest BCUT2D eigenvalue weighted by Crippen LogP contribution is -2.17. The van der Waals surface area contributed by atoms with Crippen molar-refractivity contribution in [1.82, 2.24) is 0 Å².